The summed E-state index contributed by atoms with van der Waals surface area (Å²) in [6.45, 7) is 4.51. The van der Waals surface area contributed by atoms with Crippen molar-refractivity contribution in [2.24, 2.45) is 5.73 Å². The van der Waals surface area contributed by atoms with Crippen LogP contribution in [0.4, 0.5) is 0 Å². The topological polar surface area (TPSA) is 80.5 Å². The molecule has 0 unspecified atom stereocenters. The normalized spacial score (nSPS) is 15.4. The molecule has 1 amide bonds. The van der Waals surface area contributed by atoms with Crippen LogP contribution in [0.2, 0.25) is 0 Å². The van der Waals surface area contributed by atoms with Gasteiger partial charge in [-0.25, -0.2) is 4.98 Å². The highest BCUT2D eigenvalue weighted by molar-refractivity contribution is 7.09. The van der Waals surface area contributed by atoms with Crippen molar-refractivity contribution >= 4 is 42.1 Å². The highest BCUT2D eigenvalue weighted by Crippen LogP contribution is 2.13. The number of piperidine rings is 1. The summed E-state index contributed by atoms with van der Waals surface area (Å²) in [4.78, 5) is 19.0. The van der Waals surface area contributed by atoms with E-state index in [0.29, 0.717) is 12.2 Å². The van der Waals surface area contributed by atoms with Gasteiger partial charge in [-0.3, -0.25) is 4.79 Å². The molecule has 24 heavy (non-hydrogen) atoms. The molecule has 0 aromatic carbocycles. The lowest BCUT2D eigenvalue weighted by molar-refractivity contribution is 0.0902. The number of carbonyl (C=O) groups excluding carboxylic acids is 1. The van der Waals surface area contributed by atoms with Crippen molar-refractivity contribution in [3.8, 4) is 0 Å². The van der Waals surface area contributed by atoms with Gasteiger partial charge in [0.15, 0.2) is 0 Å². The first kappa shape index (κ1) is 23.6. The number of nitrogens with two attached hydrogens (primary N) is 1. The highest BCUT2D eigenvalue weighted by atomic mass is 35.5. The Labute approximate surface area is 160 Å². The molecule has 0 radical (unpaired) electrons. The van der Waals surface area contributed by atoms with Gasteiger partial charge in [0.25, 0.3) is 5.91 Å². The van der Waals surface area contributed by atoms with Gasteiger partial charge in [0, 0.05) is 51.2 Å². The first-order valence-electron chi connectivity index (χ1n) is 7.89. The quantitative estimate of drug-likeness (QED) is 0.651. The van der Waals surface area contributed by atoms with E-state index in [-0.39, 0.29) is 36.8 Å². The zero-order valence-electron chi connectivity index (χ0n) is 14.0. The number of amides is 1. The van der Waals surface area contributed by atoms with Crippen molar-refractivity contribution in [1.29, 1.82) is 0 Å². The van der Waals surface area contributed by atoms with Gasteiger partial charge in [-0.05, 0) is 25.8 Å². The van der Waals surface area contributed by atoms with Crippen molar-refractivity contribution < 1.29 is 9.53 Å². The molecule has 0 atom stereocenters. The van der Waals surface area contributed by atoms with E-state index < -0.39 is 0 Å². The van der Waals surface area contributed by atoms with Gasteiger partial charge in [0.1, 0.15) is 5.69 Å². The summed E-state index contributed by atoms with van der Waals surface area (Å²) >= 11 is 1.50. The molecule has 0 bridgehead atoms. The number of methoxy groups -OCH3 is 1. The molecule has 9 heteroatoms. The van der Waals surface area contributed by atoms with E-state index in [1.54, 1.807) is 7.11 Å². The lowest BCUT2D eigenvalue weighted by Crippen LogP contribution is -2.45. The van der Waals surface area contributed by atoms with Crippen LogP contribution < -0.4 is 11.1 Å². The Morgan fingerprint density at radius 2 is 2.17 bits per heavy atom. The number of aromatic nitrogens is 1. The first-order valence-corrected chi connectivity index (χ1v) is 8.77. The monoisotopic (exact) mass is 398 g/mol. The van der Waals surface area contributed by atoms with Gasteiger partial charge in [0.2, 0.25) is 0 Å². The van der Waals surface area contributed by atoms with Crippen LogP contribution >= 0.6 is 36.2 Å². The molecule has 140 valence electrons. The number of hydrogen-bond donors (Lipinski definition) is 2. The lowest BCUT2D eigenvalue weighted by atomic mass is 10.0. The van der Waals surface area contributed by atoms with E-state index in [4.69, 9.17) is 10.5 Å². The van der Waals surface area contributed by atoms with E-state index in [1.165, 1.54) is 11.3 Å². The van der Waals surface area contributed by atoms with Gasteiger partial charge in [-0.15, -0.1) is 36.2 Å². The van der Waals surface area contributed by atoms with E-state index in [2.05, 4.69) is 15.2 Å². The molecule has 1 saturated heterocycles. The molecule has 2 rings (SSSR count). The fourth-order valence-corrected chi connectivity index (χ4v) is 3.44. The predicted molar refractivity (Wildman–Crippen MR) is 103 cm³/mol. The van der Waals surface area contributed by atoms with Crippen molar-refractivity contribution in [3.63, 3.8) is 0 Å². The van der Waals surface area contributed by atoms with Gasteiger partial charge in [-0.2, -0.15) is 0 Å². The average Bonchev–Trinajstić information content (AvgIpc) is 2.98. The molecule has 2 heterocycles. The molecule has 1 aromatic rings. The molecule has 1 fully saturated rings. The van der Waals surface area contributed by atoms with Crippen molar-refractivity contribution in [3.05, 3.63) is 16.1 Å². The Hall–Kier alpha value is -0.440. The Morgan fingerprint density at radius 1 is 1.46 bits per heavy atom. The maximum Gasteiger partial charge on any atom is 0.270 e. The standard InChI is InChI=1S/C15H26N4O2S.2ClH/c1-21-10-2-7-19-8-4-12(5-9-19)17-15(20)13-11-22-14(18-13)3-6-16;;/h11-12H,2-10,16H2,1H3,(H,17,20);2*1H. The van der Waals surface area contributed by atoms with Crippen LogP contribution in [-0.2, 0) is 11.2 Å². The second kappa shape index (κ2) is 12.9. The van der Waals surface area contributed by atoms with Crippen molar-refractivity contribution in [2.75, 3.05) is 39.9 Å². The zero-order chi connectivity index (χ0) is 15.8. The Kier molecular flexibility index (Phi) is 12.6. The summed E-state index contributed by atoms with van der Waals surface area (Å²) in [6, 6.07) is 0.255. The van der Waals surface area contributed by atoms with Crippen molar-refractivity contribution in [2.45, 2.75) is 31.7 Å². The zero-order valence-corrected chi connectivity index (χ0v) is 16.5. The molecule has 1 aliphatic heterocycles. The number of nitrogens with one attached hydrogen (secondary N) is 1. The minimum absolute atomic E-state index is 0. The number of rotatable bonds is 8. The molecule has 1 aromatic heterocycles. The molecule has 0 saturated carbocycles. The largest absolute Gasteiger partial charge is 0.385 e. The summed E-state index contributed by atoms with van der Waals surface area (Å²) in [7, 11) is 1.74. The van der Waals surface area contributed by atoms with E-state index >= 15 is 0 Å². The molecule has 0 spiro atoms. The predicted octanol–water partition coefficient (Wildman–Crippen LogP) is 1.72. The third-order valence-electron chi connectivity index (χ3n) is 3.89. The second-order valence-electron chi connectivity index (χ2n) is 5.60. The van der Waals surface area contributed by atoms with E-state index in [1.807, 2.05) is 5.38 Å². The summed E-state index contributed by atoms with van der Waals surface area (Å²) in [5, 5.41) is 5.85. The highest BCUT2D eigenvalue weighted by Gasteiger charge is 2.21. The fourth-order valence-electron chi connectivity index (χ4n) is 2.65. The first-order chi connectivity index (χ1) is 10.7. The van der Waals surface area contributed by atoms with Crippen molar-refractivity contribution in [1.82, 2.24) is 15.2 Å². The Bertz CT molecular complexity index is 468. The third-order valence-corrected chi connectivity index (χ3v) is 4.80. The molecule has 1 aliphatic rings. The number of halogens is 2. The van der Waals surface area contributed by atoms with Crippen LogP contribution in [0.5, 0.6) is 0 Å². The van der Waals surface area contributed by atoms with Gasteiger partial charge in [0.05, 0.1) is 5.01 Å². The third kappa shape index (κ3) is 7.63. The summed E-state index contributed by atoms with van der Waals surface area (Å²) in [5.74, 6) is -0.0580. The number of likely N-dealkylation sites (tertiary alicyclic amines) is 1. The van der Waals surface area contributed by atoms with Gasteiger partial charge >= 0.3 is 0 Å². The van der Waals surface area contributed by atoms with Crippen LogP contribution in [0, 0.1) is 0 Å². The van der Waals surface area contributed by atoms with Crippen LogP contribution in [0.1, 0.15) is 34.8 Å². The molecule has 3 N–H and O–H groups in total. The maximum absolute atomic E-state index is 12.2. The van der Waals surface area contributed by atoms with E-state index in [9.17, 15) is 4.79 Å². The Balaban J connectivity index is 0.00000264. The maximum atomic E-state index is 12.2. The minimum Gasteiger partial charge on any atom is -0.385 e. The number of thiazole rings is 1. The van der Waals surface area contributed by atoms with Gasteiger partial charge in [-0.1, -0.05) is 0 Å². The molecule has 0 aliphatic carbocycles. The summed E-state index contributed by atoms with van der Waals surface area (Å²) in [5.41, 5.74) is 6.03. The number of hydrogen-bond acceptors (Lipinski definition) is 6. The number of nitrogens with zero attached hydrogens (tertiary/aromatic N) is 2. The minimum atomic E-state index is -0.0580. The van der Waals surface area contributed by atoms with Gasteiger partial charge < -0.3 is 20.7 Å². The van der Waals surface area contributed by atoms with Crippen LogP contribution in [0.25, 0.3) is 0 Å². The summed E-state index contributed by atoms with van der Waals surface area (Å²) < 4.78 is 5.08. The number of ether oxygens (including phenoxy) is 1. The van der Waals surface area contributed by atoms with E-state index in [0.717, 1.165) is 56.9 Å². The fraction of sp³-hybridized carbons (Fsp3) is 0.733. The van der Waals surface area contributed by atoms with Crippen LogP contribution in [0.15, 0.2) is 5.38 Å². The smallest absolute Gasteiger partial charge is 0.270 e. The molecular formula is C15H28Cl2N4O2S. The lowest BCUT2D eigenvalue weighted by Gasteiger charge is -2.32. The summed E-state index contributed by atoms with van der Waals surface area (Å²) in [6.07, 6.45) is 3.80. The average molecular weight is 399 g/mol. The van der Waals surface area contributed by atoms with Crippen LogP contribution in [0.3, 0.4) is 0 Å². The van der Waals surface area contributed by atoms with Crippen LogP contribution in [-0.4, -0.2) is 61.7 Å². The second-order valence-corrected chi connectivity index (χ2v) is 6.54. The number of carbonyl (C=O) groups is 1. The molecular weight excluding hydrogens is 371 g/mol. The Morgan fingerprint density at radius 3 is 2.79 bits per heavy atom. The molecule has 6 nitrogen and oxygen atoms in total. The SMILES string of the molecule is COCCCN1CCC(NC(=O)c2csc(CCN)n2)CC1.Cl.Cl.